The predicted molar refractivity (Wildman–Crippen MR) is 132 cm³/mol. The van der Waals surface area contributed by atoms with Gasteiger partial charge in [-0.3, -0.25) is 18.9 Å². The zero-order valence-electron chi connectivity index (χ0n) is 22.3. The molecule has 1 aliphatic heterocycles. The first-order valence-electron chi connectivity index (χ1n) is 11.7. The fraction of sp³-hybridized carbons (Fsp3) is 0.714. The summed E-state index contributed by atoms with van der Waals surface area (Å²) in [5.74, 6) is -0.590. The molecule has 1 aromatic rings. The number of alkyl halides is 1. The summed E-state index contributed by atoms with van der Waals surface area (Å²) in [5, 5.41) is 21.9. The first-order valence-corrected chi connectivity index (χ1v) is 13.7. The molecule has 17 nitrogen and oxygen atoms in total. The highest BCUT2D eigenvalue weighted by molar-refractivity contribution is 7.48. The van der Waals surface area contributed by atoms with E-state index in [0.29, 0.717) is 0 Å². The average Bonchev–Trinajstić information content (AvgIpc) is 3.03. The molecule has 1 fully saturated rings. The topological polar surface area (TPSA) is 220 Å². The molecule has 0 aromatic carbocycles. The Labute approximate surface area is 232 Å². The number of halogens is 1. The molecule has 19 heteroatoms. The van der Waals surface area contributed by atoms with Crippen molar-refractivity contribution in [2.75, 3.05) is 26.1 Å². The molecule has 228 valence electrons. The number of aliphatic hydroxyl groups excluding tert-OH is 1. The summed E-state index contributed by atoms with van der Waals surface area (Å²) in [6, 6.07) is 0.981. The second-order valence-electron chi connectivity index (χ2n) is 9.15. The molecule has 40 heavy (non-hydrogen) atoms. The highest BCUT2D eigenvalue weighted by Crippen LogP contribution is 2.52. The lowest BCUT2D eigenvalue weighted by Crippen LogP contribution is -2.53. The maximum absolute atomic E-state index is 13.3. The highest BCUT2D eigenvalue weighted by Gasteiger charge is 2.62. The molecule has 0 aliphatic carbocycles. The molecule has 0 bridgehead atoms. The van der Waals surface area contributed by atoms with Crippen molar-refractivity contribution < 1.29 is 61.6 Å². The summed E-state index contributed by atoms with van der Waals surface area (Å²) in [6.07, 6.45) is -5.86. The number of H-pyrrole nitrogens is 1. The Bertz CT molecular complexity index is 1150. The number of hydrogen-bond donors (Lipinski definition) is 3. The summed E-state index contributed by atoms with van der Waals surface area (Å²) in [5.41, 5.74) is -5.92. The van der Waals surface area contributed by atoms with Gasteiger partial charge in [-0.15, -0.1) is 11.6 Å². The molecule has 3 N–H and O–H groups in total. The SMILES string of the molecule is CC(C)OC(=O)OCOP(=O)(OCOC(=O)OC(C)C)OC[C@@]1(CCl)O[C@@H](n2ccc(=O)[nH]c2=O)[C@](C)(O)[C@@H]1O. The van der Waals surface area contributed by atoms with E-state index >= 15 is 0 Å². The van der Waals surface area contributed by atoms with E-state index < -0.39 is 93.2 Å². The van der Waals surface area contributed by atoms with Gasteiger partial charge in [0.1, 0.15) is 17.3 Å². The van der Waals surface area contributed by atoms with E-state index in [4.69, 9.17) is 39.4 Å². The van der Waals surface area contributed by atoms with Gasteiger partial charge in [0.15, 0.2) is 6.23 Å². The number of phosphoric acid groups is 1. The third kappa shape index (κ3) is 8.75. The van der Waals surface area contributed by atoms with Crippen LogP contribution in [0.15, 0.2) is 21.9 Å². The van der Waals surface area contributed by atoms with Gasteiger partial charge in [0.25, 0.3) is 5.56 Å². The first kappa shape index (κ1) is 33.7. The highest BCUT2D eigenvalue weighted by atomic mass is 35.5. The molecule has 1 saturated heterocycles. The second kappa shape index (κ2) is 13.9. The van der Waals surface area contributed by atoms with Crippen LogP contribution < -0.4 is 11.2 Å². The molecule has 0 amide bonds. The van der Waals surface area contributed by atoms with E-state index in [1.54, 1.807) is 27.7 Å². The minimum atomic E-state index is -4.80. The number of aliphatic hydroxyl groups is 2. The lowest BCUT2D eigenvalue weighted by molar-refractivity contribution is -0.123. The summed E-state index contributed by atoms with van der Waals surface area (Å²) in [6.45, 7) is 4.41. The van der Waals surface area contributed by atoms with Crippen LogP contribution in [0, 0.1) is 0 Å². The number of aromatic nitrogens is 2. The van der Waals surface area contributed by atoms with Crippen LogP contribution >= 0.6 is 19.4 Å². The standard InChI is InChI=1S/C21H32ClN2O15P/c1-12(2)37-18(28)32-10-35-40(31,36-11-33-19(29)38-13(3)4)34-9-21(8-22)15(26)20(5,30)16(39-21)24-7-6-14(25)23-17(24)27/h6-7,12-13,15-16,26,30H,8-11H2,1-5H3,(H,23,25,27)/t15-,16+,20+,21+/m0/s1. The lowest BCUT2D eigenvalue weighted by Gasteiger charge is -2.32. The van der Waals surface area contributed by atoms with E-state index in [0.717, 1.165) is 23.8 Å². The summed E-state index contributed by atoms with van der Waals surface area (Å²) < 4.78 is 53.7. The molecule has 2 heterocycles. The zero-order chi connectivity index (χ0) is 30.3. The summed E-state index contributed by atoms with van der Waals surface area (Å²) in [4.78, 5) is 49.0. The van der Waals surface area contributed by atoms with Crippen LogP contribution in [-0.4, -0.2) is 87.7 Å². The Hall–Kier alpha value is -2.50. The number of nitrogens with one attached hydrogen (secondary N) is 1. The van der Waals surface area contributed by atoms with Gasteiger partial charge in [-0.1, -0.05) is 0 Å². The monoisotopic (exact) mass is 618 g/mol. The summed E-state index contributed by atoms with van der Waals surface area (Å²) >= 11 is 6.06. The maximum atomic E-state index is 13.3. The van der Waals surface area contributed by atoms with Crippen LogP contribution in [0.3, 0.4) is 0 Å². The largest absolute Gasteiger partial charge is 0.510 e. The minimum Gasteiger partial charge on any atom is -0.432 e. The van der Waals surface area contributed by atoms with Crippen molar-refractivity contribution in [2.24, 2.45) is 0 Å². The van der Waals surface area contributed by atoms with E-state index in [1.807, 2.05) is 4.98 Å². The Morgan fingerprint density at radius 3 is 2.08 bits per heavy atom. The van der Waals surface area contributed by atoms with Gasteiger partial charge in [0.05, 0.1) is 24.7 Å². The number of nitrogens with zero attached hydrogens (tertiary/aromatic N) is 1. The van der Waals surface area contributed by atoms with Crippen molar-refractivity contribution in [1.29, 1.82) is 0 Å². The van der Waals surface area contributed by atoms with Crippen LogP contribution in [0.2, 0.25) is 0 Å². The number of carbonyl (C=O) groups excluding carboxylic acids is 2. The quantitative estimate of drug-likeness (QED) is 0.123. The van der Waals surface area contributed by atoms with Crippen LogP contribution in [0.5, 0.6) is 0 Å². The van der Waals surface area contributed by atoms with E-state index in [2.05, 4.69) is 9.47 Å². The smallest absolute Gasteiger partial charge is 0.432 e. The van der Waals surface area contributed by atoms with Crippen molar-refractivity contribution in [2.45, 2.75) is 70.4 Å². The van der Waals surface area contributed by atoms with E-state index in [-0.39, 0.29) is 0 Å². The molecule has 2 rings (SSSR count). The fourth-order valence-corrected chi connectivity index (χ4v) is 4.56. The molecule has 1 aromatic heterocycles. The number of carbonyl (C=O) groups is 2. The third-order valence-corrected chi connectivity index (χ3v) is 6.88. The van der Waals surface area contributed by atoms with Gasteiger partial charge in [-0.2, -0.15) is 0 Å². The van der Waals surface area contributed by atoms with E-state index in [9.17, 15) is 34.0 Å². The molecule has 0 saturated carbocycles. The van der Waals surface area contributed by atoms with Gasteiger partial charge in [-0.25, -0.2) is 28.0 Å². The van der Waals surface area contributed by atoms with Crippen molar-refractivity contribution in [3.8, 4) is 0 Å². The fourth-order valence-electron chi connectivity index (χ4n) is 3.31. The van der Waals surface area contributed by atoms with Crippen molar-refractivity contribution in [3.05, 3.63) is 33.1 Å². The first-order chi connectivity index (χ1) is 18.5. The van der Waals surface area contributed by atoms with Crippen LogP contribution in [0.4, 0.5) is 9.59 Å². The molecular formula is C21H32ClN2O15P. The minimum absolute atomic E-state index is 0.535. The Morgan fingerprint density at radius 1 is 1.10 bits per heavy atom. The zero-order valence-corrected chi connectivity index (χ0v) is 23.9. The van der Waals surface area contributed by atoms with Gasteiger partial charge in [-0.05, 0) is 34.6 Å². The van der Waals surface area contributed by atoms with Crippen LogP contribution in [-0.2, 0) is 41.8 Å². The van der Waals surface area contributed by atoms with Gasteiger partial charge in [0.2, 0.25) is 13.6 Å². The van der Waals surface area contributed by atoms with Gasteiger partial charge in [0, 0.05) is 12.3 Å². The van der Waals surface area contributed by atoms with Crippen LogP contribution in [0.25, 0.3) is 0 Å². The number of phosphoric ester groups is 1. The Morgan fingerprint density at radius 2 is 1.62 bits per heavy atom. The summed E-state index contributed by atoms with van der Waals surface area (Å²) in [7, 11) is -4.80. The Kier molecular flexibility index (Phi) is 11.7. The average molecular weight is 619 g/mol. The Balaban J connectivity index is 2.22. The molecule has 0 radical (unpaired) electrons. The molecular weight excluding hydrogens is 587 g/mol. The third-order valence-electron chi connectivity index (χ3n) is 5.13. The number of hydrogen-bond acceptors (Lipinski definition) is 15. The van der Waals surface area contributed by atoms with Crippen molar-refractivity contribution in [1.82, 2.24) is 9.55 Å². The van der Waals surface area contributed by atoms with Crippen LogP contribution in [0.1, 0.15) is 40.8 Å². The predicted octanol–water partition coefficient (Wildman–Crippen LogP) is 1.35. The number of rotatable bonds is 13. The van der Waals surface area contributed by atoms with Gasteiger partial charge < -0.3 is 33.9 Å². The van der Waals surface area contributed by atoms with Crippen molar-refractivity contribution >= 4 is 31.7 Å². The molecule has 0 unspecified atom stereocenters. The normalized spacial score (nSPS) is 24.8. The molecule has 1 aliphatic rings. The van der Waals surface area contributed by atoms with Crippen molar-refractivity contribution in [3.63, 3.8) is 0 Å². The lowest BCUT2D eigenvalue weighted by atomic mass is 9.89. The maximum Gasteiger partial charge on any atom is 0.510 e. The number of aromatic amines is 1. The number of ether oxygens (including phenoxy) is 5. The molecule has 0 spiro atoms. The van der Waals surface area contributed by atoms with E-state index in [1.165, 1.54) is 0 Å². The van der Waals surface area contributed by atoms with Gasteiger partial charge >= 0.3 is 25.8 Å². The molecule has 4 atom stereocenters. The second-order valence-corrected chi connectivity index (χ2v) is 11.1.